The Bertz CT molecular complexity index is 617. The van der Waals surface area contributed by atoms with Crippen LogP contribution in [0.15, 0.2) is 24.5 Å². The van der Waals surface area contributed by atoms with E-state index in [9.17, 15) is 13.2 Å². The topological polar surface area (TPSA) is 70.6 Å². The summed E-state index contributed by atoms with van der Waals surface area (Å²) >= 11 is 0. The molecular weight excluding hydrogens is 278 g/mol. The Hall–Kier alpha value is -1.47. The maximum Gasteiger partial charge on any atom is 0.229 e. The first-order valence-corrected chi connectivity index (χ1v) is 8.37. The summed E-state index contributed by atoms with van der Waals surface area (Å²) in [5.74, 6) is 0.0566. The molecule has 2 atom stereocenters. The predicted molar refractivity (Wildman–Crippen MR) is 74.7 cm³/mol. The number of amides is 1. The van der Waals surface area contributed by atoms with Gasteiger partial charge >= 0.3 is 0 Å². The second-order valence-electron chi connectivity index (χ2n) is 5.11. The van der Waals surface area contributed by atoms with E-state index in [-0.39, 0.29) is 30.2 Å². The highest BCUT2D eigenvalue weighted by molar-refractivity contribution is 7.89. The van der Waals surface area contributed by atoms with E-state index in [4.69, 9.17) is 0 Å². The monoisotopic (exact) mass is 295 g/mol. The molecule has 0 saturated carbocycles. The first kappa shape index (κ1) is 13.5. The standard InChI is InChI=1S/C13H17N3O3S/c1-2-20(18,19)15-7-5-11-12(15)8-13(17)16(11)10-4-3-6-14-9-10/h3-4,6,9,11-12H,2,5,7-8H2,1H3/t11-,12+/m1/s1. The van der Waals surface area contributed by atoms with Crippen molar-refractivity contribution in [1.82, 2.24) is 9.29 Å². The summed E-state index contributed by atoms with van der Waals surface area (Å²) in [7, 11) is -3.24. The number of hydrogen-bond acceptors (Lipinski definition) is 4. The van der Waals surface area contributed by atoms with Crippen LogP contribution in [0.2, 0.25) is 0 Å². The molecule has 1 aromatic rings. The van der Waals surface area contributed by atoms with Crippen molar-refractivity contribution in [3.05, 3.63) is 24.5 Å². The molecule has 0 aromatic carbocycles. The summed E-state index contributed by atoms with van der Waals surface area (Å²) in [6.07, 6.45) is 4.25. The Morgan fingerprint density at radius 3 is 2.85 bits per heavy atom. The average molecular weight is 295 g/mol. The van der Waals surface area contributed by atoms with Gasteiger partial charge in [-0.05, 0) is 25.5 Å². The van der Waals surface area contributed by atoms with Crippen LogP contribution in [0.1, 0.15) is 19.8 Å². The van der Waals surface area contributed by atoms with Gasteiger partial charge in [-0.1, -0.05) is 0 Å². The molecule has 0 N–H and O–H groups in total. The molecule has 1 aromatic heterocycles. The van der Waals surface area contributed by atoms with E-state index >= 15 is 0 Å². The molecule has 7 heteroatoms. The van der Waals surface area contributed by atoms with E-state index in [0.717, 1.165) is 5.69 Å². The highest BCUT2D eigenvalue weighted by atomic mass is 32.2. The molecule has 3 rings (SSSR count). The van der Waals surface area contributed by atoms with Crippen LogP contribution in [0, 0.1) is 0 Å². The van der Waals surface area contributed by atoms with Crippen molar-refractivity contribution in [2.24, 2.45) is 0 Å². The molecule has 2 fully saturated rings. The van der Waals surface area contributed by atoms with Gasteiger partial charge in [-0.2, -0.15) is 4.31 Å². The van der Waals surface area contributed by atoms with Crippen LogP contribution in [0.25, 0.3) is 0 Å². The number of fused-ring (bicyclic) bond motifs is 1. The number of hydrogen-bond donors (Lipinski definition) is 0. The van der Waals surface area contributed by atoms with E-state index in [2.05, 4.69) is 4.98 Å². The van der Waals surface area contributed by atoms with Gasteiger partial charge < -0.3 is 4.90 Å². The summed E-state index contributed by atoms with van der Waals surface area (Å²) < 4.78 is 25.7. The Morgan fingerprint density at radius 2 is 2.20 bits per heavy atom. The molecule has 0 spiro atoms. The van der Waals surface area contributed by atoms with Gasteiger partial charge in [0.25, 0.3) is 0 Å². The molecule has 1 amide bonds. The van der Waals surface area contributed by atoms with E-state index in [0.29, 0.717) is 13.0 Å². The minimum absolute atomic E-state index is 0.0241. The summed E-state index contributed by atoms with van der Waals surface area (Å²) in [5.41, 5.74) is 0.751. The number of aromatic nitrogens is 1. The molecule has 20 heavy (non-hydrogen) atoms. The number of pyridine rings is 1. The van der Waals surface area contributed by atoms with Crippen LogP contribution < -0.4 is 4.90 Å². The Labute approximate surface area is 118 Å². The zero-order chi connectivity index (χ0) is 14.3. The average Bonchev–Trinajstić information content (AvgIpc) is 2.97. The fourth-order valence-electron chi connectivity index (χ4n) is 3.15. The van der Waals surface area contributed by atoms with Gasteiger partial charge in [0.1, 0.15) is 0 Å². The van der Waals surface area contributed by atoms with Gasteiger partial charge in [-0.3, -0.25) is 9.78 Å². The van der Waals surface area contributed by atoms with Gasteiger partial charge in [0.05, 0.1) is 29.7 Å². The van der Waals surface area contributed by atoms with Crippen LogP contribution in [0.3, 0.4) is 0 Å². The highest BCUT2D eigenvalue weighted by Gasteiger charge is 2.50. The van der Waals surface area contributed by atoms with E-state index in [1.165, 1.54) is 4.31 Å². The van der Waals surface area contributed by atoms with Gasteiger partial charge in [0, 0.05) is 19.2 Å². The molecular formula is C13H17N3O3S. The summed E-state index contributed by atoms with van der Waals surface area (Å²) in [6, 6.07) is 3.33. The largest absolute Gasteiger partial charge is 0.306 e. The number of rotatable bonds is 3. The zero-order valence-corrected chi connectivity index (χ0v) is 12.1. The van der Waals surface area contributed by atoms with Gasteiger partial charge in [-0.25, -0.2) is 8.42 Å². The Kier molecular flexibility index (Phi) is 3.25. The predicted octanol–water partition coefficient (Wildman–Crippen LogP) is 0.611. The fourth-order valence-corrected chi connectivity index (χ4v) is 4.50. The smallest absolute Gasteiger partial charge is 0.229 e. The molecule has 0 unspecified atom stereocenters. The second kappa shape index (κ2) is 4.82. The summed E-state index contributed by atoms with van der Waals surface area (Å²) in [4.78, 5) is 18.0. The van der Waals surface area contributed by atoms with Crippen LogP contribution >= 0.6 is 0 Å². The lowest BCUT2D eigenvalue weighted by Crippen LogP contribution is -2.40. The number of nitrogens with zero attached hydrogens (tertiary/aromatic N) is 3. The fraction of sp³-hybridized carbons (Fsp3) is 0.538. The third-order valence-corrected chi connectivity index (χ3v) is 5.99. The molecule has 0 bridgehead atoms. The van der Waals surface area contributed by atoms with E-state index in [1.54, 1.807) is 30.3 Å². The van der Waals surface area contributed by atoms with Crippen molar-refractivity contribution in [3.8, 4) is 0 Å². The Morgan fingerprint density at radius 1 is 1.40 bits per heavy atom. The normalized spacial score (nSPS) is 27.1. The number of sulfonamides is 1. The first-order valence-electron chi connectivity index (χ1n) is 6.76. The van der Waals surface area contributed by atoms with Gasteiger partial charge in [0.15, 0.2) is 0 Å². The lowest BCUT2D eigenvalue weighted by molar-refractivity contribution is -0.117. The van der Waals surface area contributed by atoms with Gasteiger partial charge in [-0.15, -0.1) is 0 Å². The molecule has 0 radical (unpaired) electrons. The molecule has 2 saturated heterocycles. The maximum atomic E-state index is 12.2. The lowest BCUT2D eigenvalue weighted by atomic mass is 10.1. The second-order valence-corrected chi connectivity index (χ2v) is 7.32. The van der Waals surface area contributed by atoms with Crippen molar-refractivity contribution in [2.75, 3.05) is 17.2 Å². The van der Waals surface area contributed by atoms with E-state index < -0.39 is 10.0 Å². The molecule has 108 valence electrons. The third-order valence-electron chi connectivity index (χ3n) is 4.09. The highest BCUT2D eigenvalue weighted by Crippen LogP contribution is 2.36. The Balaban J connectivity index is 1.91. The number of carbonyl (C=O) groups is 1. The quantitative estimate of drug-likeness (QED) is 0.819. The van der Waals surface area contributed by atoms with Crippen molar-refractivity contribution >= 4 is 21.6 Å². The maximum absolute atomic E-state index is 12.2. The van der Waals surface area contributed by atoms with Crippen LogP contribution in [-0.2, 0) is 14.8 Å². The molecule has 2 aliphatic rings. The van der Waals surface area contributed by atoms with Crippen LogP contribution in [-0.4, -0.2) is 48.0 Å². The lowest BCUT2D eigenvalue weighted by Gasteiger charge is -2.24. The molecule has 3 heterocycles. The minimum Gasteiger partial charge on any atom is -0.306 e. The van der Waals surface area contributed by atoms with Crippen LogP contribution in [0.4, 0.5) is 5.69 Å². The number of carbonyl (C=O) groups excluding carboxylic acids is 1. The molecule has 2 aliphatic heterocycles. The zero-order valence-electron chi connectivity index (χ0n) is 11.3. The molecule has 6 nitrogen and oxygen atoms in total. The summed E-state index contributed by atoms with van der Waals surface area (Å²) in [6.45, 7) is 2.13. The molecule has 0 aliphatic carbocycles. The number of anilines is 1. The van der Waals surface area contributed by atoms with Crippen molar-refractivity contribution < 1.29 is 13.2 Å². The third kappa shape index (κ3) is 2.01. The first-order chi connectivity index (χ1) is 9.54. The van der Waals surface area contributed by atoms with Gasteiger partial charge in [0.2, 0.25) is 15.9 Å². The van der Waals surface area contributed by atoms with Crippen molar-refractivity contribution in [3.63, 3.8) is 0 Å². The van der Waals surface area contributed by atoms with Crippen LogP contribution in [0.5, 0.6) is 0 Å². The minimum atomic E-state index is -3.24. The SMILES string of the molecule is CCS(=O)(=O)N1CC[C@@H]2[C@@H]1CC(=O)N2c1cccnc1. The summed E-state index contributed by atoms with van der Waals surface area (Å²) in [5, 5.41) is 0. The van der Waals surface area contributed by atoms with E-state index in [1.807, 2.05) is 6.07 Å². The van der Waals surface area contributed by atoms with Crippen molar-refractivity contribution in [1.29, 1.82) is 0 Å². The van der Waals surface area contributed by atoms with Crippen molar-refractivity contribution in [2.45, 2.75) is 31.8 Å².